The van der Waals surface area contributed by atoms with Crippen molar-refractivity contribution in [2.24, 2.45) is 0 Å². The van der Waals surface area contributed by atoms with E-state index in [2.05, 4.69) is 71.5 Å². The molecular weight excluding hydrogens is 282 g/mol. The second kappa shape index (κ2) is 4.82. The molecule has 0 saturated carbocycles. The molecule has 0 bridgehead atoms. The number of ether oxygens (including phenoxy) is 1. The van der Waals surface area contributed by atoms with Gasteiger partial charge in [-0.05, 0) is 29.2 Å². The predicted molar refractivity (Wildman–Crippen MR) is 91.7 cm³/mol. The minimum atomic E-state index is 0.551. The van der Waals surface area contributed by atoms with Crippen molar-refractivity contribution in [1.29, 1.82) is 0 Å². The summed E-state index contributed by atoms with van der Waals surface area (Å²) >= 11 is 0. The Morgan fingerprint density at radius 2 is 1.61 bits per heavy atom. The van der Waals surface area contributed by atoms with E-state index in [0.29, 0.717) is 6.73 Å². The first-order valence-electron chi connectivity index (χ1n) is 7.94. The number of rotatable bonds is 1. The van der Waals surface area contributed by atoms with Gasteiger partial charge < -0.3 is 4.74 Å². The van der Waals surface area contributed by atoms with Crippen LogP contribution in [0.5, 0.6) is 5.75 Å². The molecule has 2 nitrogen and oxygen atoms in total. The van der Waals surface area contributed by atoms with Crippen LogP contribution in [0.15, 0.2) is 66.7 Å². The van der Waals surface area contributed by atoms with Crippen molar-refractivity contribution in [3.8, 4) is 16.9 Å². The highest BCUT2D eigenvalue weighted by Gasteiger charge is 2.28. The van der Waals surface area contributed by atoms with Gasteiger partial charge in [-0.2, -0.15) is 4.58 Å². The van der Waals surface area contributed by atoms with Gasteiger partial charge in [0.15, 0.2) is 6.21 Å². The first-order chi connectivity index (χ1) is 11.4. The Kier molecular flexibility index (Phi) is 2.65. The summed E-state index contributed by atoms with van der Waals surface area (Å²) in [7, 11) is 0. The van der Waals surface area contributed by atoms with Gasteiger partial charge in [-0.25, -0.2) is 0 Å². The summed E-state index contributed by atoms with van der Waals surface area (Å²) in [5.41, 5.74) is 7.66. The van der Waals surface area contributed by atoms with E-state index in [1.54, 1.807) is 0 Å². The number of hydrogen-bond donors (Lipinski definition) is 0. The van der Waals surface area contributed by atoms with Crippen LogP contribution in [0.2, 0.25) is 0 Å². The lowest BCUT2D eigenvalue weighted by atomic mass is 10.0. The van der Waals surface area contributed by atoms with Crippen LogP contribution in [0.25, 0.3) is 11.1 Å². The Morgan fingerprint density at radius 1 is 0.783 bits per heavy atom. The van der Waals surface area contributed by atoms with Crippen LogP contribution < -0.4 is 4.74 Å². The third kappa shape index (κ3) is 1.92. The number of para-hydroxylation sites is 1. The van der Waals surface area contributed by atoms with Gasteiger partial charge in [0, 0.05) is 17.7 Å². The van der Waals surface area contributed by atoms with E-state index in [1.165, 1.54) is 22.3 Å². The molecule has 1 aliphatic carbocycles. The standard InChI is InChI=1S/C21H16NO/c1-2-7-18(8-3-1)22-13-17-11-10-16-12-15-6-4-5-9-19(15)20(16)21(17)23-14-22/h1-11,13H,12,14H2/q+1. The maximum Gasteiger partial charge on any atom is 0.292 e. The van der Waals surface area contributed by atoms with Gasteiger partial charge in [-0.3, -0.25) is 0 Å². The van der Waals surface area contributed by atoms with Gasteiger partial charge in [0.05, 0.1) is 5.56 Å². The zero-order valence-corrected chi connectivity index (χ0v) is 12.7. The van der Waals surface area contributed by atoms with E-state index in [-0.39, 0.29) is 0 Å². The lowest BCUT2D eigenvalue weighted by molar-refractivity contribution is -0.476. The lowest BCUT2D eigenvalue weighted by Gasteiger charge is -2.17. The predicted octanol–water partition coefficient (Wildman–Crippen LogP) is 4.37. The molecule has 5 rings (SSSR count). The number of benzene rings is 3. The van der Waals surface area contributed by atoms with Crippen molar-refractivity contribution in [3.63, 3.8) is 0 Å². The molecule has 0 atom stereocenters. The molecular formula is C21H16NO+. The molecule has 1 aliphatic heterocycles. The quantitative estimate of drug-likeness (QED) is 0.475. The largest absolute Gasteiger partial charge is 0.434 e. The number of hydrogen-bond acceptors (Lipinski definition) is 1. The molecule has 0 spiro atoms. The Labute approximate surface area is 135 Å². The van der Waals surface area contributed by atoms with E-state index in [4.69, 9.17) is 4.74 Å². The number of fused-ring (bicyclic) bond motifs is 5. The van der Waals surface area contributed by atoms with Crippen molar-refractivity contribution in [3.05, 3.63) is 83.4 Å². The number of nitrogens with zero attached hydrogens (tertiary/aromatic N) is 1. The maximum atomic E-state index is 6.18. The molecule has 2 aliphatic rings. The van der Waals surface area contributed by atoms with Crippen LogP contribution in [-0.2, 0) is 6.42 Å². The van der Waals surface area contributed by atoms with E-state index >= 15 is 0 Å². The minimum absolute atomic E-state index is 0.551. The zero-order valence-electron chi connectivity index (χ0n) is 12.7. The maximum absolute atomic E-state index is 6.18. The third-order valence-electron chi connectivity index (χ3n) is 4.67. The summed E-state index contributed by atoms with van der Waals surface area (Å²) < 4.78 is 8.33. The normalized spacial score (nSPS) is 14.3. The van der Waals surface area contributed by atoms with Crippen molar-refractivity contribution < 1.29 is 9.31 Å². The fraction of sp³-hybridized carbons (Fsp3) is 0.0952. The molecule has 0 aromatic heterocycles. The molecule has 0 N–H and O–H groups in total. The average molecular weight is 298 g/mol. The molecule has 2 heteroatoms. The van der Waals surface area contributed by atoms with E-state index < -0.39 is 0 Å². The van der Waals surface area contributed by atoms with Gasteiger partial charge in [-0.1, -0.05) is 48.5 Å². The van der Waals surface area contributed by atoms with Crippen LogP contribution in [0.4, 0.5) is 5.69 Å². The molecule has 3 aromatic rings. The zero-order chi connectivity index (χ0) is 15.2. The SMILES string of the molecule is C1=[N+](c2ccccc2)COc2c1ccc1c2-c2ccccc2C1. The van der Waals surface area contributed by atoms with Crippen molar-refractivity contribution in [2.45, 2.75) is 6.42 Å². The van der Waals surface area contributed by atoms with Gasteiger partial charge in [0.1, 0.15) is 5.75 Å². The summed E-state index contributed by atoms with van der Waals surface area (Å²) in [5, 5.41) is 0. The van der Waals surface area contributed by atoms with E-state index in [0.717, 1.165) is 23.4 Å². The topological polar surface area (TPSA) is 12.2 Å². The summed E-state index contributed by atoms with van der Waals surface area (Å²) in [4.78, 5) is 0. The molecule has 0 fully saturated rings. The first-order valence-corrected chi connectivity index (χ1v) is 7.94. The second-order valence-corrected chi connectivity index (χ2v) is 6.06. The Bertz CT molecular complexity index is 941. The minimum Gasteiger partial charge on any atom is -0.434 e. The summed E-state index contributed by atoms with van der Waals surface area (Å²) in [6.07, 6.45) is 3.19. The summed E-state index contributed by atoms with van der Waals surface area (Å²) in [6.45, 7) is 0.551. The van der Waals surface area contributed by atoms with Gasteiger partial charge >= 0.3 is 0 Å². The van der Waals surface area contributed by atoms with Crippen LogP contribution in [0, 0.1) is 0 Å². The molecule has 0 unspecified atom stereocenters. The van der Waals surface area contributed by atoms with E-state index in [9.17, 15) is 0 Å². The highest BCUT2D eigenvalue weighted by atomic mass is 16.5. The lowest BCUT2D eigenvalue weighted by Crippen LogP contribution is -2.21. The van der Waals surface area contributed by atoms with Crippen LogP contribution in [0.1, 0.15) is 16.7 Å². The highest BCUT2D eigenvalue weighted by Crippen LogP contribution is 2.44. The fourth-order valence-corrected chi connectivity index (χ4v) is 3.57. The molecule has 0 saturated heterocycles. The van der Waals surface area contributed by atoms with E-state index in [1.807, 2.05) is 6.07 Å². The molecule has 1 heterocycles. The molecule has 3 aromatic carbocycles. The third-order valence-corrected chi connectivity index (χ3v) is 4.67. The highest BCUT2D eigenvalue weighted by molar-refractivity contribution is 5.91. The van der Waals surface area contributed by atoms with Crippen LogP contribution >= 0.6 is 0 Å². The first kappa shape index (κ1) is 12.7. The molecule has 0 radical (unpaired) electrons. The van der Waals surface area contributed by atoms with Gasteiger partial charge in [0.2, 0.25) is 5.69 Å². The van der Waals surface area contributed by atoms with Crippen molar-refractivity contribution in [1.82, 2.24) is 0 Å². The second-order valence-electron chi connectivity index (χ2n) is 6.06. The van der Waals surface area contributed by atoms with Gasteiger partial charge in [0.25, 0.3) is 6.73 Å². The fourth-order valence-electron chi connectivity index (χ4n) is 3.57. The monoisotopic (exact) mass is 298 g/mol. The Balaban J connectivity index is 1.67. The Morgan fingerprint density at radius 3 is 2.52 bits per heavy atom. The van der Waals surface area contributed by atoms with Crippen LogP contribution in [-0.4, -0.2) is 17.5 Å². The Hall–Kier alpha value is -2.87. The van der Waals surface area contributed by atoms with Crippen molar-refractivity contribution in [2.75, 3.05) is 6.73 Å². The summed E-state index contributed by atoms with van der Waals surface area (Å²) in [6, 6.07) is 23.4. The smallest absolute Gasteiger partial charge is 0.292 e. The molecule has 23 heavy (non-hydrogen) atoms. The average Bonchev–Trinajstić information content (AvgIpc) is 3.01. The summed E-state index contributed by atoms with van der Waals surface area (Å²) in [5.74, 6) is 1.03. The van der Waals surface area contributed by atoms with Crippen LogP contribution in [0.3, 0.4) is 0 Å². The molecule has 0 amide bonds. The van der Waals surface area contributed by atoms with Crippen molar-refractivity contribution >= 4 is 11.9 Å². The van der Waals surface area contributed by atoms with Gasteiger partial charge in [-0.15, -0.1) is 0 Å². The molecule has 110 valence electrons.